The minimum absolute atomic E-state index is 0.260. The molecule has 0 unspecified atom stereocenters. The molecule has 0 spiro atoms. The molecule has 4 rings (SSSR count). The van der Waals surface area contributed by atoms with Crippen LogP contribution in [0.3, 0.4) is 0 Å². The van der Waals surface area contributed by atoms with Gasteiger partial charge in [-0.25, -0.2) is 0 Å². The van der Waals surface area contributed by atoms with E-state index < -0.39 is 5.91 Å². The summed E-state index contributed by atoms with van der Waals surface area (Å²) in [7, 11) is 0. The molecule has 0 bridgehead atoms. The summed E-state index contributed by atoms with van der Waals surface area (Å²) in [5.74, 6) is -0.172. The van der Waals surface area contributed by atoms with Crippen molar-refractivity contribution in [3.8, 4) is 5.75 Å². The number of aromatic nitrogens is 1. The monoisotopic (exact) mass is 447 g/mol. The molecule has 1 fully saturated rings. The number of pyridine rings is 1. The maximum absolute atomic E-state index is 12.7. The summed E-state index contributed by atoms with van der Waals surface area (Å²) in [6.07, 6.45) is 4.99. The summed E-state index contributed by atoms with van der Waals surface area (Å²) in [6, 6.07) is 20.1. The van der Waals surface area contributed by atoms with Gasteiger partial charge in [-0.2, -0.15) is 5.01 Å². The number of benzene rings is 2. The predicted octanol–water partition coefficient (Wildman–Crippen LogP) is 4.21. The maximum Gasteiger partial charge on any atom is 0.285 e. The highest BCUT2D eigenvalue weighted by molar-refractivity contribution is 8.26. The van der Waals surface area contributed by atoms with Crippen molar-refractivity contribution in [2.75, 3.05) is 0 Å². The average molecular weight is 448 g/mol. The van der Waals surface area contributed by atoms with Gasteiger partial charge >= 0.3 is 0 Å². The Kier molecular flexibility index (Phi) is 6.40. The molecule has 0 atom stereocenters. The van der Waals surface area contributed by atoms with E-state index in [0.29, 0.717) is 22.8 Å². The van der Waals surface area contributed by atoms with Crippen LogP contribution in [-0.2, 0) is 11.4 Å². The van der Waals surface area contributed by atoms with Crippen LogP contribution in [0.15, 0.2) is 84.0 Å². The topological polar surface area (TPSA) is 71.5 Å². The van der Waals surface area contributed by atoms with E-state index in [9.17, 15) is 9.59 Å². The van der Waals surface area contributed by atoms with Crippen molar-refractivity contribution in [1.29, 1.82) is 0 Å². The Bertz CT molecular complexity index is 1130. The van der Waals surface area contributed by atoms with Gasteiger partial charge in [0.2, 0.25) is 0 Å². The predicted molar refractivity (Wildman–Crippen MR) is 124 cm³/mol. The molecular weight excluding hydrogens is 430 g/mol. The zero-order chi connectivity index (χ0) is 21.6. The third kappa shape index (κ3) is 5.17. The van der Waals surface area contributed by atoms with Crippen LogP contribution in [0.1, 0.15) is 21.5 Å². The lowest BCUT2D eigenvalue weighted by molar-refractivity contribution is -0.123. The second-order valence-corrected chi connectivity index (χ2v) is 8.22. The van der Waals surface area contributed by atoms with Crippen LogP contribution >= 0.6 is 24.0 Å². The first-order chi connectivity index (χ1) is 15.1. The average Bonchev–Trinajstić information content (AvgIpc) is 3.06. The van der Waals surface area contributed by atoms with Crippen molar-refractivity contribution in [3.05, 3.63) is 101 Å². The number of carbonyl (C=O) groups is 2. The molecule has 8 heteroatoms. The number of thiocarbonyl (C=S) groups is 1. The Morgan fingerprint density at radius 2 is 1.87 bits per heavy atom. The lowest BCUT2D eigenvalue weighted by Crippen LogP contribution is -2.44. The number of hydrogen-bond donors (Lipinski definition) is 1. The molecule has 2 amide bonds. The van der Waals surface area contributed by atoms with E-state index >= 15 is 0 Å². The van der Waals surface area contributed by atoms with Crippen LogP contribution in [0, 0.1) is 0 Å². The first-order valence-corrected chi connectivity index (χ1v) is 10.6. The van der Waals surface area contributed by atoms with Gasteiger partial charge in [-0.15, -0.1) is 0 Å². The van der Waals surface area contributed by atoms with E-state index in [1.807, 2.05) is 36.4 Å². The molecule has 2 heterocycles. The summed E-state index contributed by atoms with van der Waals surface area (Å²) >= 11 is 6.38. The number of rotatable bonds is 6. The highest BCUT2D eigenvalue weighted by atomic mass is 32.2. The number of carbonyl (C=O) groups excluding carboxylic acids is 2. The Labute approximate surface area is 188 Å². The van der Waals surface area contributed by atoms with Crippen molar-refractivity contribution in [3.63, 3.8) is 0 Å². The number of hydrogen-bond acceptors (Lipinski definition) is 6. The van der Waals surface area contributed by atoms with Gasteiger partial charge in [0, 0.05) is 18.0 Å². The number of nitrogens with zero attached hydrogens (tertiary/aromatic N) is 2. The van der Waals surface area contributed by atoms with E-state index in [4.69, 9.17) is 17.0 Å². The maximum atomic E-state index is 12.7. The van der Waals surface area contributed by atoms with Gasteiger partial charge in [0.15, 0.2) is 4.32 Å². The van der Waals surface area contributed by atoms with Gasteiger partial charge in [-0.3, -0.25) is 20.0 Å². The van der Waals surface area contributed by atoms with Gasteiger partial charge in [-0.1, -0.05) is 48.2 Å². The second kappa shape index (κ2) is 9.55. The number of thioether (sulfide) groups is 1. The molecule has 1 N–H and O–H groups in total. The standard InChI is InChI=1S/C23H17N3O3S2/c27-21(18-8-10-19(11-9-18)29-15-16-5-2-1-3-6-16)25-26-22(28)20(31-23(26)30)13-17-7-4-12-24-14-17/h1-14H,15H2,(H,25,27)/b20-13-. The van der Waals surface area contributed by atoms with Gasteiger partial charge in [0.1, 0.15) is 12.4 Å². The molecule has 0 radical (unpaired) electrons. The number of ether oxygens (including phenoxy) is 1. The van der Waals surface area contributed by atoms with Crippen LogP contribution < -0.4 is 10.2 Å². The smallest absolute Gasteiger partial charge is 0.285 e. The van der Waals surface area contributed by atoms with Crippen molar-refractivity contribution < 1.29 is 14.3 Å². The highest BCUT2D eigenvalue weighted by Crippen LogP contribution is 2.31. The lowest BCUT2D eigenvalue weighted by Gasteiger charge is -2.15. The Balaban J connectivity index is 1.38. The van der Waals surface area contributed by atoms with Gasteiger partial charge in [0.25, 0.3) is 11.8 Å². The van der Waals surface area contributed by atoms with Gasteiger partial charge in [-0.05, 0) is 59.8 Å². The van der Waals surface area contributed by atoms with Crippen molar-refractivity contribution >= 4 is 46.2 Å². The summed E-state index contributed by atoms with van der Waals surface area (Å²) in [4.78, 5) is 29.7. The fraction of sp³-hybridized carbons (Fsp3) is 0.0435. The van der Waals surface area contributed by atoms with E-state index in [1.165, 1.54) is 0 Å². The SMILES string of the molecule is O=C(NN1C(=O)/C(=C/c2cccnc2)SC1=S)c1ccc(OCc2ccccc2)cc1. The van der Waals surface area contributed by atoms with Crippen LogP contribution in [0.5, 0.6) is 5.75 Å². The van der Waals surface area contributed by atoms with Crippen LogP contribution in [-0.4, -0.2) is 26.1 Å². The summed E-state index contributed by atoms with van der Waals surface area (Å²) in [5, 5.41) is 1.09. The molecule has 1 aliphatic rings. The normalized spacial score (nSPS) is 14.7. The molecule has 3 aromatic rings. The van der Waals surface area contributed by atoms with Gasteiger partial charge < -0.3 is 4.74 Å². The third-order valence-corrected chi connectivity index (χ3v) is 5.66. The Morgan fingerprint density at radius 3 is 2.58 bits per heavy atom. The molecule has 31 heavy (non-hydrogen) atoms. The molecule has 1 saturated heterocycles. The van der Waals surface area contributed by atoms with Crippen LogP contribution in [0.25, 0.3) is 6.08 Å². The quantitative estimate of drug-likeness (QED) is 0.451. The largest absolute Gasteiger partial charge is 0.489 e. The highest BCUT2D eigenvalue weighted by Gasteiger charge is 2.33. The molecule has 2 aromatic carbocycles. The first-order valence-electron chi connectivity index (χ1n) is 9.36. The fourth-order valence-electron chi connectivity index (χ4n) is 2.79. The molecule has 1 aliphatic heterocycles. The molecular formula is C23H17N3O3S2. The summed E-state index contributed by atoms with van der Waals surface area (Å²) in [6.45, 7) is 0.437. The Morgan fingerprint density at radius 1 is 1.10 bits per heavy atom. The summed E-state index contributed by atoms with van der Waals surface area (Å²) in [5.41, 5.74) is 4.79. The van der Waals surface area contributed by atoms with Crippen LogP contribution in [0.2, 0.25) is 0 Å². The number of hydrazine groups is 1. The van der Waals surface area contributed by atoms with Crippen molar-refractivity contribution in [2.24, 2.45) is 0 Å². The molecule has 0 aliphatic carbocycles. The van der Waals surface area contributed by atoms with E-state index in [-0.39, 0.29) is 10.2 Å². The van der Waals surface area contributed by atoms with Crippen molar-refractivity contribution in [2.45, 2.75) is 6.61 Å². The number of nitrogens with one attached hydrogen (secondary N) is 1. The fourth-order valence-corrected chi connectivity index (χ4v) is 3.97. The molecule has 0 saturated carbocycles. The minimum Gasteiger partial charge on any atom is -0.489 e. The van der Waals surface area contributed by atoms with E-state index in [2.05, 4.69) is 10.4 Å². The molecule has 1 aromatic heterocycles. The van der Waals surface area contributed by atoms with E-state index in [1.54, 1.807) is 48.8 Å². The van der Waals surface area contributed by atoms with E-state index in [0.717, 1.165) is 27.9 Å². The van der Waals surface area contributed by atoms with Crippen molar-refractivity contribution in [1.82, 2.24) is 15.4 Å². The lowest BCUT2D eigenvalue weighted by atomic mass is 10.2. The number of amides is 2. The zero-order valence-corrected chi connectivity index (χ0v) is 17.9. The molecule has 6 nitrogen and oxygen atoms in total. The Hall–Kier alpha value is -3.49. The zero-order valence-electron chi connectivity index (χ0n) is 16.2. The van der Waals surface area contributed by atoms with Gasteiger partial charge in [0.05, 0.1) is 4.91 Å². The second-order valence-electron chi connectivity index (χ2n) is 6.54. The minimum atomic E-state index is -0.437. The van der Waals surface area contributed by atoms with Crippen LogP contribution in [0.4, 0.5) is 0 Å². The summed E-state index contributed by atoms with van der Waals surface area (Å²) < 4.78 is 5.99. The molecule has 154 valence electrons. The third-order valence-electron chi connectivity index (χ3n) is 4.35. The first kappa shape index (κ1) is 20.8.